The van der Waals surface area contributed by atoms with E-state index in [2.05, 4.69) is 28.9 Å². The Morgan fingerprint density at radius 3 is 2.48 bits per heavy atom. The molecule has 1 aromatic heterocycles. The number of aryl methyl sites for hydroxylation is 1. The van der Waals surface area contributed by atoms with Crippen LogP contribution in [0.5, 0.6) is 0 Å². The normalized spacial score (nSPS) is 11.5. The standard InChI is InChI=1S/C24H19F2N3O2/c1-2-29-21-6-4-3-5-15(21)16-11-14(7-9-22(16)29)8-10-23(30)28-20-12-17(24(27)31)18(25)13-19(20)26/h3-13H,2H2,1H3,(H2,27,31)(H,28,30)/b10-8+. The molecule has 3 aromatic carbocycles. The molecule has 31 heavy (non-hydrogen) atoms. The van der Waals surface area contributed by atoms with Crippen LogP contribution in [0.4, 0.5) is 14.5 Å². The van der Waals surface area contributed by atoms with Crippen molar-refractivity contribution >= 4 is 45.4 Å². The van der Waals surface area contributed by atoms with Gasteiger partial charge in [-0.05, 0) is 42.8 Å². The van der Waals surface area contributed by atoms with Crippen LogP contribution in [0.2, 0.25) is 0 Å². The number of aromatic nitrogens is 1. The Kier molecular flexibility index (Phi) is 5.25. The lowest BCUT2D eigenvalue weighted by Gasteiger charge is -2.07. The average molecular weight is 419 g/mol. The molecule has 5 nitrogen and oxygen atoms in total. The van der Waals surface area contributed by atoms with E-state index in [-0.39, 0.29) is 5.69 Å². The first-order valence-corrected chi connectivity index (χ1v) is 9.68. The highest BCUT2D eigenvalue weighted by molar-refractivity contribution is 6.09. The Balaban J connectivity index is 1.62. The molecule has 0 aliphatic rings. The maximum atomic E-state index is 13.9. The van der Waals surface area contributed by atoms with Crippen LogP contribution in [0, 0.1) is 11.6 Å². The van der Waals surface area contributed by atoms with Gasteiger partial charge in [-0.3, -0.25) is 9.59 Å². The van der Waals surface area contributed by atoms with E-state index in [9.17, 15) is 18.4 Å². The number of nitrogens with zero attached hydrogens (tertiary/aromatic N) is 1. The molecule has 0 aliphatic carbocycles. The third-order valence-electron chi connectivity index (χ3n) is 5.12. The van der Waals surface area contributed by atoms with Gasteiger partial charge >= 0.3 is 0 Å². The van der Waals surface area contributed by atoms with E-state index in [0.717, 1.165) is 40.0 Å². The van der Waals surface area contributed by atoms with E-state index in [0.29, 0.717) is 6.07 Å². The number of primary amides is 1. The SMILES string of the molecule is CCn1c2ccccc2c2cc(/C=C/C(=O)Nc3cc(C(N)=O)c(F)cc3F)ccc21. The minimum absolute atomic E-state index is 0.327. The highest BCUT2D eigenvalue weighted by atomic mass is 19.1. The van der Waals surface area contributed by atoms with E-state index in [1.807, 2.05) is 30.3 Å². The molecule has 2 amide bonds. The Hall–Kier alpha value is -4.00. The van der Waals surface area contributed by atoms with Gasteiger partial charge in [0.1, 0.15) is 11.6 Å². The van der Waals surface area contributed by atoms with E-state index < -0.39 is 29.0 Å². The first-order valence-electron chi connectivity index (χ1n) is 9.68. The molecule has 0 atom stereocenters. The number of nitrogens with two attached hydrogens (primary N) is 1. The Morgan fingerprint density at radius 1 is 1.00 bits per heavy atom. The second kappa shape index (κ2) is 8.02. The smallest absolute Gasteiger partial charge is 0.251 e. The lowest BCUT2D eigenvalue weighted by atomic mass is 10.1. The van der Waals surface area contributed by atoms with E-state index in [4.69, 9.17) is 5.73 Å². The van der Waals surface area contributed by atoms with Gasteiger partial charge in [0.2, 0.25) is 5.91 Å². The van der Waals surface area contributed by atoms with Crippen molar-refractivity contribution < 1.29 is 18.4 Å². The lowest BCUT2D eigenvalue weighted by molar-refractivity contribution is -0.111. The summed E-state index contributed by atoms with van der Waals surface area (Å²) < 4.78 is 29.7. The second-order valence-corrected chi connectivity index (χ2v) is 7.04. The molecule has 1 heterocycles. The molecule has 0 bridgehead atoms. The molecule has 0 saturated carbocycles. The highest BCUT2D eigenvalue weighted by Gasteiger charge is 2.15. The average Bonchev–Trinajstić information content (AvgIpc) is 3.07. The zero-order valence-corrected chi connectivity index (χ0v) is 16.7. The number of hydrogen-bond donors (Lipinski definition) is 2. The van der Waals surface area contributed by atoms with Crippen molar-refractivity contribution in [2.45, 2.75) is 13.5 Å². The van der Waals surface area contributed by atoms with Crippen LogP contribution < -0.4 is 11.1 Å². The van der Waals surface area contributed by atoms with E-state index in [1.54, 1.807) is 6.08 Å². The summed E-state index contributed by atoms with van der Waals surface area (Å²) in [6, 6.07) is 15.4. The van der Waals surface area contributed by atoms with E-state index >= 15 is 0 Å². The van der Waals surface area contributed by atoms with Crippen LogP contribution in [0.25, 0.3) is 27.9 Å². The number of benzene rings is 3. The molecule has 0 unspecified atom stereocenters. The number of carbonyl (C=O) groups is 2. The zero-order chi connectivity index (χ0) is 22.1. The van der Waals surface area contributed by atoms with Crippen LogP contribution in [0.15, 0.2) is 60.7 Å². The molecule has 3 N–H and O–H groups in total. The van der Waals surface area contributed by atoms with Crippen molar-refractivity contribution in [3.63, 3.8) is 0 Å². The quantitative estimate of drug-likeness (QED) is 0.454. The number of amides is 2. The second-order valence-electron chi connectivity index (χ2n) is 7.04. The Labute approximate surface area is 176 Å². The van der Waals surface area contributed by atoms with Gasteiger partial charge in [0, 0.05) is 40.5 Å². The van der Waals surface area contributed by atoms with Gasteiger partial charge in [0.05, 0.1) is 11.3 Å². The highest BCUT2D eigenvalue weighted by Crippen LogP contribution is 2.30. The molecule has 0 saturated heterocycles. The summed E-state index contributed by atoms with van der Waals surface area (Å²) in [5.41, 5.74) is 7.26. The molecule has 4 rings (SSSR count). The summed E-state index contributed by atoms with van der Waals surface area (Å²) in [7, 11) is 0. The minimum Gasteiger partial charge on any atom is -0.366 e. The third kappa shape index (κ3) is 3.77. The van der Waals surface area contributed by atoms with Gasteiger partial charge in [0.25, 0.3) is 5.91 Å². The summed E-state index contributed by atoms with van der Waals surface area (Å²) in [6.45, 7) is 2.92. The van der Waals surface area contributed by atoms with Crippen LogP contribution in [-0.4, -0.2) is 16.4 Å². The van der Waals surface area contributed by atoms with Crippen LogP contribution >= 0.6 is 0 Å². The molecule has 156 valence electrons. The molecular formula is C24H19F2N3O2. The number of para-hydroxylation sites is 1. The van der Waals surface area contributed by atoms with Gasteiger partial charge in [-0.15, -0.1) is 0 Å². The van der Waals surface area contributed by atoms with Crippen molar-refractivity contribution in [1.82, 2.24) is 4.57 Å². The predicted molar refractivity (Wildman–Crippen MR) is 118 cm³/mol. The van der Waals surface area contributed by atoms with Gasteiger partial charge in [-0.2, -0.15) is 0 Å². The zero-order valence-electron chi connectivity index (χ0n) is 16.7. The number of hydrogen-bond acceptors (Lipinski definition) is 2. The molecule has 0 fully saturated rings. The number of rotatable bonds is 5. The molecule has 0 spiro atoms. The van der Waals surface area contributed by atoms with Gasteiger partial charge in [-0.1, -0.05) is 24.3 Å². The molecule has 0 aliphatic heterocycles. The van der Waals surface area contributed by atoms with Crippen LogP contribution in [0.1, 0.15) is 22.8 Å². The minimum atomic E-state index is -1.09. The van der Waals surface area contributed by atoms with Crippen molar-refractivity contribution in [3.8, 4) is 0 Å². The largest absolute Gasteiger partial charge is 0.366 e. The lowest BCUT2D eigenvalue weighted by Crippen LogP contribution is -2.16. The van der Waals surface area contributed by atoms with Crippen molar-refractivity contribution in [1.29, 1.82) is 0 Å². The summed E-state index contributed by atoms with van der Waals surface area (Å²) in [5.74, 6) is -3.77. The third-order valence-corrected chi connectivity index (χ3v) is 5.12. The van der Waals surface area contributed by atoms with Crippen LogP contribution in [-0.2, 0) is 11.3 Å². The number of carbonyl (C=O) groups excluding carboxylic acids is 2. The maximum absolute atomic E-state index is 13.9. The number of fused-ring (bicyclic) bond motifs is 3. The summed E-state index contributed by atoms with van der Waals surface area (Å²) in [5, 5.41) is 4.49. The fourth-order valence-corrected chi connectivity index (χ4v) is 3.70. The Morgan fingerprint density at radius 2 is 1.74 bits per heavy atom. The molecular weight excluding hydrogens is 400 g/mol. The fourth-order valence-electron chi connectivity index (χ4n) is 3.70. The molecule has 7 heteroatoms. The van der Waals surface area contributed by atoms with Crippen molar-refractivity contribution in [2.75, 3.05) is 5.32 Å². The molecule has 4 aromatic rings. The number of nitrogens with one attached hydrogen (secondary N) is 1. The summed E-state index contributed by atoms with van der Waals surface area (Å²) in [6.07, 6.45) is 2.84. The summed E-state index contributed by atoms with van der Waals surface area (Å²) in [4.78, 5) is 23.5. The number of halogens is 2. The monoisotopic (exact) mass is 419 g/mol. The Bertz CT molecular complexity index is 1370. The first-order chi connectivity index (χ1) is 14.9. The molecule has 0 radical (unpaired) electrons. The number of anilines is 1. The maximum Gasteiger partial charge on any atom is 0.251 e. The summed E-state index contributed by atoms with van der Waals surface area (Å²) >= 11 is 0. The van der Waals surface area contributed by atoms with Crippen LogP contribution in [0.3, 0.4) is 0 Å². The predicted octanol–water partition coefficient (Wildman–Crippen LogP) is 4.84. The van der Waals surface area contributed by atoms with Gasteiger partial charge in [0.15, 0.2) is 0 Å². The van der Waals surface area contributed by atoms with Crippen molar-refractivity contribution in [3.05, 3.63) is 83.4 Å². The topological polar surface area (TPSA) is 77.1 Å². The van der Waals surface area contributed by atoms with E-state index in [1.165, 1.54) is 6.08 Å². The van der Waals surface area contributed by atoms with Gasteiger partial charge < -0.3 is 15.6 Å². The fraction of sp³-hybridized carbons (Fsp3) is 0.0833. The van der Waals surface area contributed by atoms with Crippen molar-refractivity contribution in [2.24, 2.45) is 5.73 Å². The van der Waals surface area contributed by atoms with Gasteiger partial charge in [-0.25, -0.2) is 8.78 Å². The first kappa shape index (κ1) is 20.3.